The summed E-state index contributed by atoms with van der Waals surface area (Å²) in [4.78, 5) is 65.2. The molecule has 1 unspecified atom stereocenters. The number of nitrogens with zero attached hydrogens (tertiary/aromatic N) is 1. The number of cyclic esters (lactones) is 1. The molecular weight excluding hydrogens is 510 g/mol. The number of rotatable bonds is 5. The van der Waals surface area contributed by atoms with E-state index < -0.39 is 59.7 Å². The maximum Gasteiger partial charge on any atom is 0.408 e. The van der Waals surface area contributed by atoms with Crippen LogP contribution in [0.25, 0.3) is 0 Å². The fourth-order valence-corrected chi connectivity index (χ4v) is 4.44. The average Bonchev–Trinajstić information content (AvgIpc) is 3.35. The van der Waals surface area contributed by atoms with Crippen molar-refractivity contribution in [1.82, 2.24) is 26.2 Å². The van der Waals surface area contributed by atoms with E-state index in [1.807, 2.05) is 0 Å². The quantitative estimate of drug-likeness (QED) is 0.309. The number of amides is 5. The van der Waals surface area contributed by atoms with Crippen molar-refractivity contribution in [1.29, 1.82) is 0 Å². The first-order valence-corrected chi connectivity index (χ1v) is 13.5. The second-order valence-corrected chi connectivity index (χ2v) is 10.7. The number of nitrogens with one attached hydrogen (secondary N) is 4. The summed E-state index contributed by atoms with van der Waals surface area (Å²) >= 11 is 0. The molecule has 5 amide bonds. The van der Waals surface area contributed by atoms with Crippen molar-refractivity contribution >= 4 is 29.9 Å². The minimum Gasteiger partial charge on any atom is -0.450 e. The Balaban J connectivity index is 2.26. The molecule has 0 radical (unpaired) electrons. The lowest BCUT2D eigenvalue weighted by Gasteiger charge is -2.31. The molecule has 2 aliphatic rings. The van der Waals surface area contributed by atoms with E-state index in [4.69, 9.17) is 9.47 Å². The van der Waals surface area contributed by atoms with E-state index >= 15 is 0 Å². The zero-order valence-corrected chi connectivity index (χ0v) is 23.1. The standard InChI is InChI=1S/C26H43N5O8/c1-5-13-27-22(34)20(32)17-10-6-7-14-28-24(36)38-16-9-11-18(30-25(37)39-26(2,3)4)23(35)31-15-8-12-19(31)21(33)29-17/h5,17-20,32H,1,6-16H2,2-4H3,(H,27,34)(H,28,36)(H,29,33)(H,30,37)/t17-,18-,19-,20?/m0/s1. The molecule has 0 spiro atoms. The van der Waals surface area contributed by atoms with Gasteiger partial charge in [0.25, 0.3) is 5.91 Å². The van der Waals surface area contributed by atoms with Gasteiger partial charge in [-0.05, 0) is 65.7 Å². The van der Waals surface area contributed by atoms with E-state index in [0.717, 1.165) is 0 Å². The molecule has 2 saturated heterocycles. The van der Waals surface area contributed by atoms with Crippen LogP contribution in [0.4, 0.5) is 9.59 Å². The number of hydrogen-bond acceptors (Lipinski definition) is 8. The summed E-state index contributed by atoms with van der Waals surface area (Å²) in [5.74, 6) is -1.61. The van der Waals surface area contributed by atoms with Gasteiger partial charge in [0.05, 0.1) is 12.6 Å². The average molecular weight is 554 g/mol. The fraction of sp³-hybridized carbons (Fsp3) is 0.731. The van der Waals surface area contributed by atoms with Crippen molar-refractivity contribution in [3.8, 4) is 0 Å². The van der Waals surface area contributed by atoms with Gasteiger partial charge in [-0.3, -0.25) is 14.4 Å². The first kappa shape index (κ1) is 31.9. The number of aliphatic hydroxyl groups excluding tert-OH is 1. The highest BCUT2D eigenvalue weighted by molar-refractivity contribution is 5.92. The second kappa shape index (κ2) is 15.3. The number of ether oxygens (including phenoxy) is 2. The van der Waals surface area contributed by atoms with Crippen molar-refractivity contribution in [2.24, 2.45) is 0 Å². The maximum atomic E-state index is 13.6. The number of hydrogen-bond donors (Lipinski definition) is 5. The topological polar surface area (TPSA) is 175 Å². The van der Waals surface area contributed by atoms with Crippen LogP contribution >= 0.6 is 0 Å². The molecule has 13 nitrogen and oxygen atoms in total. The number of aliphatic hydroxyl groups is 1. The van der Waals surface area contributed by atoms with Crippen LogP contribution in [0.5, 0.6) is 0 Å². The molecule has 0 saturated carbocycles. The lowest BCUT2D eigenvalue weighted by molar-refractivity contribution is -0.141. The molecule has 39 heavy (non-hydrogen) atoms. The predicted octanol–water partition coefficient (Wildman–Crippen LogP) is 0.709. The van der Waals surface area contributed by atoms with Crippen molar-refractivity contribution in [3.05, 3.63) is 12.7 Å². The highest BCUT2D eigenvalue weighted by atomic mass is 16.6. The largest absolute Gasteiger partial charge is 0.450 e. The number of carbonyl (C=O) groups is 5. The fourth-order valence-electron chi connectivity index (χ4n) is 4.44. The molecule has 0 aromatic rings. The van der Waals surface area contributed by atoms with Gasteiger partial charge in [-0.2, -0.15) is 0 Å². The van der Waals surface area contributed by atoms with Crippen molar-refractivity contribution in [2.75, 3.05) is 26.2 Å². The normalized spacial score (nSPS) is 24.7. The van der Waals surface area contributed by atoms with Crippen molar-refractivity contribution in [3.63, 3.8) is 0 Å². The molecule has 0 aromatic carbocycles. The molecule has 5 N–H and O–H groups in total. The minimum atomic E-state index is -1.53. The first-order valence-electron chi connectivity index (χ1n) is 13.5. The third kappa shape index (κ3) is 10.7. The third-order valence-electron chi connectivity index (χ3n) is 6.31. The molecule has 0 aliphatic carbocycles. The maximum absolute atomic E-state index is 13.6. The predicted molar refractivity (Wildman–Crippen MR) is 141 cm³/mol. The summed E-state index contributed by atoms with van der Waals surface area (Å²) in [6.45, 7) is 9.42. The van der Waals surface area contributed by atoms with Crippen LogP contribution < -0.4 is 21.3 Å². The Morgan fingerprint density at radius 2 is 1.92 bits per heavy atom. The van der Waals surface area contributed by atoms with Gasteiger partial charge in [-0.25, -0.2) is 9.59 Å². The Bertz CT molecular complexity index is 890. The van der Waals surface area contributed by atoms with Gasteiger partial charge in [-0.15, -0.1) is 6.58 Å². The highest BCUT2D eigenvalue weighted by Gasteiger charge is 2.39. The van der Waals surface area contributed by atoms with Gasteiger partial charge >= 0.3 is 12.2 Å². The molecule has 0 bridgehead atoms. The van der Waals surface area contributed by atoms with E-state index in [-0.39, 0.29) is 26.0 Å². The third-order valence-corrected chi connectivity index (χ3v) is 6.31. The molecule has 4 atom stereocenters. The smallest absolute Gasteiger partial charge is 0.408 e. The molecule has 2 aliphatic heterocycles. The number of fused-ring (bicyclic) bond motifs is 1. The van der Waals surface area contributed by atoms with Gasteiger partial charge < -0.3 is 40.7 Å². The van der Waals surface area contributed by atoms with Crippen LogP contribution in [0.3, 0.4) is 0 Å². The summed E-state index contributed by atoms with van der Waals surface area (Å²) in [7, 11) is 0. The molecular formula is C26H43N5O8. The lowest BCUT2D eigenvalue weighted by Crippen LogP contribution is -2.57. The molecule has 220 valence electrons. The molecule has 2 rings (SSSR count). The van der Waals surface area contributed by atoms with Crippen LogP contribution in [0.2, 0.25) is 0 Å². The Labute approximate surface area is 229 Å². The van der Waals surface area contributed by atoms with Gasteiger partial charge in [-0.1, -0.05) is 6.08 Å². The Morgan fingerprint density at radius 1 is 1.18 bits per heavy atom. The van der Waals surface area contributed by atoms with Gasteiger partial charge in [0.15, 0.2) is 6.10 Å². The Hall–Kier alpha value is -3.35. The summed E-state index contributed by atoms with van der Waals surface area (Å²) in [5, 5.41) is 21.2. The first-order chi connectivity index (χ1) is 18.4. The monoisotopic (exact) mass is 553 g/mol. The van der Waals surface area contributed by atoms with Crippen LogP contribution in [0.1, 0.15) is 65.7 Å². The summed E-state index contributed by atoms with van der Waals surface area (Å²) in [6, 6.07) is -2.76. The summed E-state index contributed by atoms with van der Waals surface area (Å²) in [6.07, 6.45) is 1.23. The van der Waals surface area contributed by atoms with E-state index in [1.165, 1.54) is 11.0 Å². The van der Waals surface area contributed by atoms with Crippen molar-refractivity contribution in [2.45, 2.75) is 95.5 Å². The van der Waals surface area contributed by atoms with Crippen LogP contribution in [-0.4, -0.2) is 96.0 Å². The number of carbonyl (C=O) groups excluding carboxylic acids is 5. The van der Waals surface area contributed by atoms with Gasteiger partial charge in [0.2, 0.25) is 11.8 Å². The summed E-state index contributed by atoms with van der Waals surface area (Å²) in [5.41, 5.74) is -0.783. The van der Waals surface area contributed by atoms with Crippen LogP contribution in [0.15, 0.2) is 12.7 Å². The minimum absolute atomic E-state index is 0.0314. The molecule has 2 heterocycles. The van der Waals surface area contributed by atoms with Gasteiger partial charge in [0.1, 0.15) is 17.7 Å². The van der Waals surface area contributed by atoms with E-state index in [2.05, 4.69) is 27.8 Å². The summed E-state index contributed by atoms with van der Waals surface area (Å²) < 4.78 is 10.5. The highest BCUT2D eigenvalue weighted by Crippen LogP contribution is 2.21. The number of alkyl carbamates (subject to hydrolysis) is 2. The SMILES string of the molecule is C=CCNC(=O)C(O)[C@@H]1CCCCNC(=O)OCCC[C@H](NC(=O)OC(C)(C)C)C(=O)N2CCC[C@H]2C(=O)N1. The zero-order valence-electron chi connectivity index (χ0n) is 23.1. The van der Waals surface area contributed by atoms with Crippen LogP contribution in [-0.2, 0) is 23.9 Å². The Kier molecular flexibility index (Phi) is 12.5. The van der Waals surface area contributed by atoms with E-state index in [9.17, 15) is 29.1 Å². The Morgan fingerprint density at radius 3 is 2.62 bits per heavy atom. The van der Waals surface area contributed by atoms with Crippen LogP contribution in [0, 0.1) is 0 Å². The molecule has 0 aromatic heterocycles. The van der Waals surface area contributed by atoms with Gasteiger partial charge in [0, 0.05) is 19.6 Å². The lowest BCUT2D eigenvalue weighted by atomic mass is 10.0. The molecule has 13 heteroatoms. The zero-order chi connectivity index (χ0) is 29.0. The van der Waals surface area contributed by atoms with Crippen molar-refractivity contribution < 1.29 is 38.6 Å². The second-order valence-electron chi connectivity index (χ2n) is 10.7. The van der Waals surface area contributed by atoms with E-state index in [0.29, 0.717) is 45.2 Å². The molecule has 2 fully saturated rings. The van der Waals surface area contributed by atoms with E-state index in [1.54, 1.807) is 20.8 Å².